The molecule has 1 atom stereocenters. The molecule has 0 saturated carbocycles. The highest BCUT2D eigenvalue weighted by Crippen LogP contribution is 2.21. The lowest BCUT2D eigenvalue weighted by Gasteiger charge is -2.18. The summed E-state index contributed by atoms with van der Waals surface area (Å²) in [6.07, 6.45) is 2.04. The quantitative estimate of drug-likeness (QED) is 0.327. The van der Waals surface area contributed by atoms with Crippen molar-refractivity contribution in [3.05, 3.63) is 87.2 Å². The standard InChI is InChI=1S/C22H20BrN3O3S2/c23-16-7-9-18(10-8-16)31(28,29)26-21(22(27)25-14-17-4-3-11-30-17)12-15-13-24-20-6-2-1-5-19(15)20/h1-11,13,21,24,26H,12,14H2,(H,25,27)/t21-/m0/s1. The summed E-state index contributed by atoms with van der Waals surface area (Å²) in [5.41, 5.74) is 1.80. The average molecular weight is 518 g/mol. The zero-order valence-corrected chi connectivity index (χ0v) is 19.6. The van der Waals surface area contributed by atoms with Gasteiger partial charge in [0.2, 0.25) is 15.9 Å². The number of thiophene rings is 1. The van der Waals surface area contributed by atoms with Crippen LogP contribution >= 0.6 is 27.3 Å². The number of fused-ring (bicyclic) bond motifs is 1. The molecule has 4 rings (SSSR count). The summed E-state index contributed by atoms with van der Waals surface area (Å²) in [6, 6.07) is 16.9. The van der Waals surface area contributed by atoms with Crippen LogP contribution < -0.4 is 10.0 Å². The zero-order valence-electron chi connectivity index (χ0n) is 16.3. The van der Waals surface area contributed by atoms with Crippen molar-refractivity contribution in [2.75, 3.05) is 0 Å². The lowest BCUT2D eigenvalue weighted by atomic mass is 10.1. The van der Waals surface area contributed by atoms with E-state index in [9.17, 15) is 13.2 Å². The van der Waals surface area contributed by atoms with E-state index < -0.39 is 16.1 Å². The smallest absolute Gasteiger partial charge is 0.241 e. The molecule has 3 N–H and O–H groups in total. The molecule has 2 aromatic carbocycles. The Morgan fingerprint density at radius 2 is 1.84 bits per heavy atom. The second kappa shape index (κ2) is 9.35. The SMILES string of the molecule is O=C(NCc1cccs1)[C@H](Cc1c[nH]c2ccccc12)NS(=O)(=O)c1ccc(Br)cc1. The third kappa shape index (κ3) is 5.24. The number of benzene rings is 2. The van der Waals surface area contributed by atoms with Crippen LogP contribution in [0.3, 0.4) is 0 Å². The molecule has 0 aliphatic carbocycles. The number of aromatic nitrogens is 1. The summed E-state index contributed by atoms with van der Waals surface area (Å²) in [5.74, 6) is -0.376. The van der Waals surface area contributed by atoms with Crippen LogP contribution in [0.25, 0.3) is 10.9 Å². The maximum atomic E-state index is 13.0. The highest BCUT2D eigenvalue weighted by atomic mass is 79.9. The molecule has 1 amide bonds. The van der Waals surface area contributed by atoms with Crippen molar-refractivity contribution in [2.24, 2.45) is 0 Å². The molecule has 0 aliphatic heterocycles. The number of hydrogen-bond acceptors (Lipinski definition) is 4. The molecule has 0 spiro atoms. The van der Waals surface area contributed by atoms with Gasteiger partial charge in [-0.1, -0.05) is 40.2 Å². The van der Waals surface area contributed by atoms with Gasteiger partial charge < -0.3 is 10.3 Å². The maximum absolute atomic E-state index is 13.0. The molecule has 0 radical (unpaired) electrons. The van der Waals surface area contributed by atoms with E-state index in [1.807, 2.05) is 48.0 Å². The minimum Gasteiger partial charge on any atom is -0.361 e. The Hall–Kier alpha value is -2.46. The van der Waals surface area contributed by atoms with Crippen molar-refractivity contribution in [1.82, 2.24) is 15.0 Å². The number of nitrogens with one attached hydrogen (secondary N) is 3. The van der Waals surface area contributed by atoms with Gasteiger partial charge in [0, 0.05) is 26.4 Å². The van der Waals surface area contributed by atoms with Gasteiger partial charge in [-0.2, -0.15) is 4.72 Å². The number of sulfonamides is 1. The Labute approximate surface area is 192 Å². The van der Waals surface area contributed by atoms with Crippen LogP contribution in [0.5, 0.6) is 0 Å². The van der Waals surface area contributed by atoms with E-state index in [0.29, 0.717) is 6.54 Å². The number of carbonyl (C=O) groups is 1. The normalized spacial score (nSPS) is 12.7. The van der Waals surface area contributed by atoms with Gasteiger partial charge in [-0.15, -0.1) is 11.3 Å². The molecule has 0 fully saturated rings. The minimum absolute atomic E-state index is 0.102. The van der Waals surface area contributed by atoms with Crippen LogP contribution in [0, 0.1) is 0 Å². The lowest BCUT2D eigenvalue weighted by Crippen LogP contribution is -2.47. The van der Waals surface area contributed by atoms with Crippen LogP contribution in [0.1, 0.15) is 10.4 Å². The molecule has 2 aromatic heterocycles. The molecule has 0 unspecified atom stereocenters. The monoisotopic (exact) mass is 517 g/mol. The number of H-pyrrole nitrogens is 1. The van der Waals surface area contributed by atoms with E-state index in [2.05, 4.69) is 31.0 Å². The van der Waals surface area contributed by atoms with E-state index >= 15 is 0 Å². The van der Waals surface area contributed by atoms with Gasteiger partial charge in [0.25, 0.3) is 0 Å². The molecular weight excluding hydrogens is 498 g/mol. The second-order valence-corrected chi connectivity index (χ2v) is 10.7. The minimum atomic E-state index is -3.89. The third-order valence-corrected chi connectivity index (χ3v) is 7.75. The van der Waals surface area contributed by atoms with Crippen molar-refractivity contribution >= 4 is 54.1 Å². The average Bonchev–Trinajstić information content (AvgIpc) is 3.42. The van der Waals surface area contributed by atoms with Crippen molar-refractivity contribution in [2.45, 2.75) is 23.9 Å². The first-order valence-electron chi connectivity index (χ1n) is 9.55. The molecular formula is C22H20BrN3O3S2. The van der Waals surface area contributed by atoms with Crippen molar-refractivity contribution < 1.29 is 13.2 Å². The predicted molar refractivity (Wildman–Crippen MR) is 126 cm³/mol. The molecule has 0 bridgehead atoms. The van der Waals surface area contributed by atoms with Gasteiger partial charge in [0.05, 0.1) is 11.4 Å². The van der Waals surface area contributed by atoms with E-state index in [4.69, 9.17) is 0 Å². The molecule has 4 aromatic rings. The summed E-state index contributed by atoms with van der Waals surface area (Å²) in [5, 5.41) is 5.75. The van der Waals surface area contributed by atoms with Gasteiger partial charge >= 0.3 is 0 Å². The number of halogens is 1. The van der Waals surface area contributed by atoms with E-state index in [1.54, 1.807) is 12.1 Å². The molecule has 0 aliphatic rings. The Bertz CT molecular complexity index is 1280. The molecule has 2 heterocycles. The molecule has 6 nitrogen and oxygen atoms in total. The van der Waals surface area contributed by atoms with Crippen LogP contribution in [-0.2, 0) is 27.8 Å². The Kier molecular flexibility index (Phi) is 6.57. The van der Waals surface area contributed by atoms with Crippen molar-refractivity contribution in [1.29, 1.82) is 0 Å². The fraction of sp³-hybridized carbons (Fsp3) is 0.136. The van der Waals surface area contributed by atoms with Crippen LogP contribution in [0.15, 0.2) is 81.6 Å². The fourth-order valence-electron chi connectivity index (χ4n) is 3.29. The molecule has 160 valence electrons. The van der Waals surface area contributed by atoms with E-state index in [0.717, 1.165) is 25.8 Å². The molecule has 31 heavy (non-hydrogen) atoms. The summed E-state index contributed by atoms with van der Waals surface area (Å²) in [4.78, 5) is 17.3. The Balaban J connectivity index is 1.59. The molecule has 0 saturated heterocycles. The Morgan fingerprint density at radius 1 is 1.06 bits per heavy atom. The summed E-state index contributed by atoms with van der Waals surface area (Å²) in [7, 11) is -3.89. The highest BCUT2D eigenvalue weighted by Gasteiger charge is 2.27. The highest BCUT2D eigenvalue weighted by molar-refractivity contribution is 9.10. The number of hydrogen-bond donors (Lipinski definition) is 3. The zero-order chi connectivity index (χ0) is 21.8. The van der Waals surface area contributed by atoms with E-state index in [-0.39, 0.29) is 17.2 Å². The van der Waals surface area contributed by atoms with Crippen LogP contribution in [0.4, 0.5) is 0 Å². The fourth-order valence-corrected chi connectivity index (χ4v) is 5.39. The number of rotatable bonds is 8. The number of carbonyl (C=O) groups excluding carboxylic acids is 1. The number of para-hydroxylation sites is 1. The third-order valence-electron chi connectivity index (χ3n) is 4.85. The summed E-state index contributed by atoms with van der Waals surface area (Å²) in [6.45, 7) is 0.348. The van der Waals surface area contributed by atoms with Crippen LogP contribution in [-0.4, -0.2) is 25.4 Å². The van der Waals surface area contributed by atoms with Gasteiger partial charge in [-0.3, -0.25) is 4.79 Å². The van der Waals surface area contributed by atoms with Gasteiger partial charge in [-0.25, -0.2) is 8.42 Å². The van der Waals surface area contributed by atoms with Crippen molar-refractivity contribution in [3.8, 4) is 0 Å². The largest absolute Gasteiger partial charge is 0.361 e. The number of aromatic amines is 1. The van der Waals surface area contributed by atoms with Gasteiger partial charge in [-0.05, 0) is 53.8 Å². The predicted octanol–water partition coefficient (Wildman–Crippen LogP) is 4.20. The van der Waals surface area contributed by atoms with E-state index in [1.165, 1.54) is 23.5 Å². The van der Waals surface area contributed by atoms with Crippen LogP contribution in [0.2, 0.25) is 0 Å². The second-order valence-electron chi connectivity index (χ2n) is 6.99. The van der Waals surface area contributed by atoms with Gasteiger partial charge in [0.1, 0.15) is 6.04 Å². The first kappa shape index (κ1) is 21.8. The lowest BCUT2D eigenvalue weighted by molar-refractivity contribution is -0.122. The van der Waals surface area contributed by atoms with Crippen molar-refractivity contribution in [3.63, 3.8) is 0 Å². The number of amides is 1. The topological polar surface area (TPSA) is 91.1 Å². The summed E-state index contributed by atoms with van der Waals surface area (Å²) >= 11 is 4.84. The molecule has 9 heteroatoms. The Morgan fingerprint density at radius 3 is 2.58 bits per heavy atom. The first-order valence-corrected chi connectivity index (χ1v) is 12.7. The summed E-state index contributed by atoms with van der Waals surface area (Å²) < 4.78 is 29.3. The maximum Gasteiger partial charge on any atom is 0.241 e. The first-order chi connectivity index (χ1) is 14.9. The van der Waals surface area contributed by atoms with Gasteiger partial charge in [0.15, 0.2) is 0 Å².